The predicted molar refractivity (Wildman–Crippen MR) is 114 cm³/mol. The molecular formula is C22H21N5OS. The van der Waals surface area contributed by atoms with E-state index in [1.807, 2.05) is 53.1 Å². The van der Waals surface area contributed by atoms with E-state index in [0.29, 0.717) is 24.0 Å². The molecule has 0 unspecified atom stereocenters. The van der Waals surface area contributed by atoms with E-state index >= 15 is 0 Å². The van der Waals surface area contributed by atoms with Crippen molar-refractivity contribution in [2.75, 3.05) is 0 Å². The van der Waals surface area contributed by atoms with Crippen molar-refractivity contribution >= 4 is 11.8 Å². The lowest BCUT2D eigenvalue weighted by atomic mass is 10.1. The Kier molecular flexibility index (Phi) is 5.86. The first-order valence-corrected chi connectivity index (χ1v) is 10.4. The quantitative estimate of drug-likeness (QED) is 0.303. The third-order valence-corrected chi connectivity index (χ3v) is 5.43. The van der Waals surface area contributed by atoms with E-state index < -0.39 is 0 Å². The van der Waals surface area contributed by atoms with Gasteiger partial charge in [0.2, 0.25) is 11.7 Å². The Morgan fingerprint density at radius 2 is 1.83 bits per heavy atom. The normalized spacial score (nSPS) is 10.9. The summed E-state index contributed by atoms with van der Waals surface area (Å²) in [6.45, 7) is 6.61. The van der Waals surface area contributed by atoms with E-state index in [9.17, 15) is 0 Å². The number of allylic oxidation sites excluding steroid dienone is 1. The highest BCUT2D eigenvalue weighted by atomic mass is 32.2. The first kappa shape index (κ1) is 19.1. The smallest absolute Gasteiger partial charge is 0.237 e. The molecule has 0 bridgehead atoms. The molecule has 0 spiro atoms. The van der Waals surface area contributed by atoms with E-state index in [0.717, 1.165) is 28.5 Å². The van der Waals surface area contributed by atoms with Gasteiger partial charge >= 0.3 is 0 Å². The Morgan fingerprint density at radius 1 is 1.03 bits per heavy atom. The van der Waals surface area contributed by atoms with Gasteiger partial charge in [0.25, 0.3) is 0 Å². The standard InChI is InChI=1S/C22H21N5OS/c1-3-14-27-21(18-8-6-5-7-9-18)24-25-22(27)29-15-19-23-20(26-28-19)17-12-10-16(4-2)11-13-17/h3,5-13H,1,4,14-15H2,2H3. The molecule has 4 aromatic rings. The summed E-state index contributed by atoms with van der Waals surface area (Å²) in [5.74, 6) is 2.49. The van der Waals surface area contributed by atoms with Gasteiger partial charge in [-0.15, -0.1) is 16.8 Å². The Morgan fingerprint density at radius 3 is 2.55 bits per heavy atom. The highest BCUT2D eigenvalue weighted by Gasteiger charge is 2.15. The molecule has 0 fully saturated rings. The summed E-state index contributed by atoms with van der Waals surface area (Å²) in [7, 11) is 0. The molecule has 0 saturated heterocycles. The van der Waals surface area contributed by atoms with E-state index in [1.54, 1.807) is 0 Å². The average molecular weight is 404 g/mol. The number of nitrogens with zero attached hydrogens (tertiary/aromatic N) is 5. The zero-order chi connectivity index (χ0) is 20.1. The second-order valence-electron chi connectivity index (χ2n) is 6.42. The molecule has 0 saturated carbocycles. The minimum Gasteiger partial charge on any atom is -0.338 e. The lowest BCUT2D eigenvalue weighted by Gasteiger charge is -2.06. The average Bonchev–Trinajstić information content (AvgIpc) is 3.40. The largest absolute Gasteiger partial charge is 0.338 e. The zero-order valence-electron chi connectivity index (χ0n) is 16.2. The van der Waals surface area contributed by atoms with Crippen LogP contribution in [0.1, 0.15) is 18.4 Å². The number of hydrogen-bond acceptors (Lipinski definition) is 6. The van der Waals surface area contributed by atoms with Crippen LogP contribution in [0.5, 0.6) is 0 Å². The molecule has 2 aromatic carbocycles. The Hall–Kier alpha value is -3.19. The Balaban J connectivity index is 1.50. The fourth-order valence-corrected chi connectivity index (χ4v) is 3.72. The van der Waals surface area contributed by atoms with Gasteiger partial charge in [0.15, 0.2) is 11.0 Å². The number of rotatable bonds is 8. The van der Waals surface area contributed by atoms with Gasteiger partial charge in [-0.1, -0.05) is 84.5 Å². The maximum absolute atomic E-state index is 5.43. The summed E-state index contributed by atoms with van der Waals surface area (Å²) in [5.41, 5.74) is 3.25. The maximum Gasteiger partial charge on any atom is 0.237 e. The van der Waals surface area contributed by atoms with Crippen LogP contribution < -0.4 is 0 Å². The molecular weight excluding hydrogens is 382 g/mol. The molecule has 4 rings (SSSR count). The van der Waals surface area contributed by atoms with Gasteiger partial charge in [-0.2, -0.15) is 4.98 Å². The summed E-state index contributed by atoms with van der Waals surface area (Å²) in [5, 5.41) is 13.6. The van der Waals surface area contributed by atoms with Crippen LogP contribution in [-0.4, -0.2) is 24.9 Å². The van der Waals surface area contributed by atoms with Gasteiger partial charge in [-0.05, 0) is 12.0 Å². The predicted octanol–water partition coefficient (Wildman–Crippen LogP) is 5.04. The Labute approximate surface area is 173 Å². The van der Waals surface area contributed by atoms with Crippen LogP contribution in [-0.2, 0) is 18.7 Å². The molecule has 0 aliphatic rings. The number of thioether (sulfide) groups is 1. The summed E-state index contributed by atoms with van der Waals surface area (Å²) in [6, 6.07) is 18.2. The lowest BCUT2D eigenvalue weighted by Crippen LogP contribution is -2.00. The summed E-state index contributed by atoms with van der Waals surface area (Å²) >= 11 is 1.52. The maximum atomic E-state index is 5.43. The van der Waals surface area contributed by atoms with Crippen LogP contribution in [0.4, 0.5) is 0 Å². The molecule has 0 aliphatic heterocycles. The third kappa shape index (κ3) is 4.30. The van der Waals surface area contributed by atoms with Gasteiger partial charge in [0.1, 0.15) is 0 Å². The fourth-order valence-electron chi connectivity index (χ4n) is 2.94. The first-order chi connectivity index (χ1) is 14.3. The second-order valence-corrected chi connectivity index (χ2v) is 7.36. The van der Waals surface area contributed by atoms with Crippen molar-refractivity contribution in [1.29, 1.82) is 0 Å². The van der Waals surface area contributed by atoms with Crippen molar-refractivity contribution in [2.45, 2.75) is 30.8 Å². The molecule has 29 heavy (non-hydrogen) atoms. The molecule has 0 amide bonds. The van der Waals surface area contributed by atoms with Gasteiger partial charge < -0.3 is 4.52 Å². The van der Waals surface area contributed by atoms with Crippen LogP contribution in [0.25, 0.3) is 22.8 Å². The summed E-state index contributed by atoms with van der Waals surface area (Å²) < 4.78 is 7.46. The van der Waals surface area contributed by atoms with Crippen LogP contribution in [0.3, 0.4) is 0 Å². The first-order valence-electron chi connectivity index (χ1n) is 9.42. The molecule has 6 nitrogen and oxygen atoms in total. The third-order valence-electron chi connectivity index (χ3n) is 4.47. The highest BCUT2D eigenvalue weighted by molar-refractivity contribution is 7.98. The SMILES string of the molecule is C=CCn1c(SCc2nc(-c3ccc(CC)cc3)no2)nnc1-c1ccccc1. The van der Waals surface area contributed by atoms with Crippen molar-refractivity contribution in [3.05, 3.63) is 78.7 Å². The highest BCUT2D eigenvalue weighted by Crippen LogP contribution is 2.27. The number of hydrogen-bond donors (Lipinski definition) is 0. The van der Waals surface area contributed by atoms with Crippen molar-refractivity contribution in [3.8, 4) is 22.8 Å². The van der Waals surface area contributed by atoms with Crippen molar-refractivity contribution in [1.82, 2.24) is 24.9 Å². The van der Waals surface area contributed by atoms with E-state index in [1.165, 1.54) is 17.3 Å². The van der Waals surface area contributed by atoms with Crippen LogP contribution >= 0.6 is 11.8 Å². The van der Waals surface area contributed by atoms with E-state index in [2.05, 4.69) is 46.0 Å². The zero-order valence-corrected chi connectivity index (χ0v) is 17.0. The fraction of sp³-hybridized carbons (Fsp3) is 0.182. The minimum absolute atomic E-state index is 0.518. The Bertz CT molecular complexity index is 1090. The van der Waals surface area contributed by atoms with Crippen molar-refractivity contribution < 1.29 is 4.52 Å². The number of aryl methyl sites for hydroxylation is 1. The van der Waals surface area contributed by atoms with Crippen LogP contribution in [0.15, 0.2) is 76.9 Å². The minimum atomic E-state index is 0.518. The monoisotopic (exact) mass is 403 g/mol. The van der Waals surface area contributed by atoms with Crippen LogP contribution in [0.2, 0.25) is 0 Å². The van der Waals surface area contributed by atoms with Gasteiger partial charge in [0, 0.05) is 17.7 Å². The van der Waals surface area contributed by atoms with Gasteiger partial charge in [-0.25, -0.2) is 0 Å². The molecule has 2 aromatic heterocycles. The van der Waals surface area contributed by atoms with Gasteiger partial charge in [-0.3, -0.25) is 4.57 Å². The van der Waals surface area contributed by atoms with Crippen molar-refractivity contribution in [3.63, 3.8) is 0 Å². The van der Waals surface area contributed by atoms with E-state index in [4.69, 9.17) is 4.52 Å². The van der Waals surface area contributed by atoms with E-state index in [-0.39, 0.29) is 0 Å². The second kappa shape index (κ2) is 8.87. The van der Waals surface area contributed by atoms with Gasteiger partial charge in [0.05, 0.1) is 5.75 Å². The molecule has 0 radical (unpaired) electrons. The van der Waals surface area contributed by atoms with Crippen LogP contribution in [0, 0.1) is 0 Å². The summed E-state index contributed by atoms with van der Waals surface area (Å²) in [6.07, 6.45) is 2.84. The lowest BCUT2D eigenvalue weighted by molar-refractivity contribution is 0.391. The topological polar surface area (TPSA) is 69.6 Å². The molecule has 146 valence electrons. The number of benzene rings is 2. The molecule has 2 heterocycles. The number of aromatic nitrogens is 5. The summed E-state index contributed by atoms with van der Waals surface area (Å²) in [4.78, 5) is 4.52. The molecule has 0 aliphatic carbocycles. The van der Waals surface area contributed by atoms with Crippen molar-refractivity contribution in [2.24, 2.45) is 0 Å². The molecule has 0 atom stereocenters. The molecule has 7 heteroatoms. The molecule has 0 N–H and O–H groups in total.